The van der Waals surface area contributed by atoms with E-state index in [9.17, 15) is 9.59 Å². The Morgan fingerprint density at radius 1 is 0.949 bits per heavy atom. The third-order valence-corrected chi connectivity index (χ3v) is 7.86. The maximum Gasteiger partial charge on any atom is 0.261 e. The molecule has 1 aliphatic rings. The molecule has 3 aromatic carbocycles. The van der Waals surface area contributed by atoms with Gasteiger partial charge >= 0.3 is 0 Å². The topological polar surface area (TPSA) is 58.6 Å². The molecular weight excluding hydrogens is 508 g/mol. The van der Waals surface area contributed by atoms with Crippen LogP contribution in [-0.4, -0.2) is 35.4 Å². The molecule has 0 saturated heterocycles. The minimum Gasteiger partial charge on any atom is -0.483 e. The Kier molecular flexibility index (Phi) is 10.0. The smallest absolute Gasteiger partial charge is 0.261 e. The summed E-state index contributed by atoms with van der Waals surface area (Å²) in [4.78, 5) is 29.4. The van der Waals surface area contributed by atoms with E-state index in [2.05, 4.69) is 11.4 Å². The summed E-state index contributed by atoms with van der Waals surface area (Å²) in [6, 6.07) is 20.8. The first-order chi connectivity index (χ1) is 18.8. The fraction of sp³-hybridized carbons (Fsp3) is 0.394. The van der Waals surface area contributed by atoms with Crippen molar-refractivity contribution in [3.63, 3.8) is 0 Å². The zero-order chi connectivity index (χ0) is 27.8. The highest BCUT2D eigenvalue weighted by Crippen LogP contribution is 2.24. The number of hydrogen-bond donors (Lipinski definition) is 1. The Morgan fingerprint density at radius 2 is 1.64 bits per heavy atom. The third-order valence-electron chi connectivity index (χ3n) is 7.60. The third kappa shape index (κ3) is 8.09. The number of carbonyl (C=O) groups is 2. The van der Waals surface area contributed by atoms with Crippen LogP contribution >= 0.6 is 11.6 Å². The highest BCUT2D eigenvalue weighted by atomic mass is 35.5. The molecule has 1 aliphatic carbocycles. The number of nitrogens with zero attached hydrogens (tertiary/aromatic N) is 1. The quantitative estimate of drug-likeness (QED) is 0.306. The minimum absolute atomic E-state index is 0.115. The highest BCUT2D eigenvalue weighted by molar-refractivity contribution is 6.30. The van der Waals surface area contributed by atoms with E-state index in [1.54, 1.807) is 4.90 Å². The first-order valence-corrected chi connectivity index (χ1v) is 14.3. The Labute approximate surface area is 237 Å². The molecule has 39 heavy (non-hydrogen) atoms. The number of aryl methyl sites for hydroxylation is 2. The zero-order valence-corrected chi connectivity index (χ0v) is 24.0. The Bertz CT molecular complexity index is 1250. The van der Waals surface area contributed by atoms with Crippen LogP contribution in [0, 0.1) is 20.8 Å². The van der Waals surface area contributed by atoms with Crippen LogP contribution in [-0.2, 0) is 22.6 Å². The van der Waals surface area contributed by atoms with Crippen molar-refractivity contribution < 1.29 is 14.3 Å². The fourth-order valence-electron chi connectivity index (χ4n) is 5.26. The fourth-order valence-corrected chi connectivity index (χ4v) is 5.38. The lowest BCUT2D eigenvalue weighted by atomic mass is 9.94. The molecule has 0 radical (unpaired) electrons. The summed E-state index contributed by atoms with van der Waals surface area (Å²) in [6.07, 6.45) is 5.81. The van der Waals surface area contributed by atoms with Gasteiger partial charge in [0.2, 0.25) is 5.91 Å². The number of halogens is 1. The van der Waals surface area contributed by atoms with E-state index in [1.807, 2.05) is 81.4 Å². The molecular formula is C33H39ClN2O3. The van der Waals surface area contributed by atoms with Gasteiger partial charge in [0, 0.05) is 24.0 Å². The van der Waals surface area contributed by atoms with E-state index in [4.69, 9.17) is 16.3 Å². The largest absolute Gasteiger partial charge is 0.483 e. The van der Waals surface area contributed by atoms with E-state index >= 15 is 0 Å². The van der Waals surface area contributed by atoms with E-state index in [1.165, 1.54) is 6.42 Å². The molecule has 0 heterocycles. The van der Waals surface area contributed by atoms with Crippen LogP contribution in [0.1, 0.15) is 59.9 Å². The lowest BCUT2D eigenvalue weighted by Gasteiger charge is -2.33. The van der Waals surface area contributed by atoms with Crippen molar-refractivity contribution in [1.29, 1.82) is 0 Å². The average Bonchev–Trinajstić information content (AvgIpc) is 2.93. The molecule has 1 atom stereocenters. The molecule has 0 aliphatic heterocycles. The van der Waals surface area contributed by atoms with Crippen molar-refractivity contribution in [3.05, 3.63) is 99.6 Å². The van der Waals surface area contributed by atoms with Gasteiger partial charge in [-0.2, -0.15) is 0 Å². The van der Waals surface area contributed by atoms with Crippen LogP contribution in [0.5, 0.6) is 5.75 Å². The molecule has 0 spiro atoms. The molecule has 0 unspecified atom stereocenters. The van der Waals surface area contributed by atoms with Gasteiger partial charge in [0.25, 0.3) is 5.91 Å². The minimum atomic E-state index is -0.679. The van der Waals surface area contributed by atoms with E-state index in [-0.39, 0.29) is 31.0 Å². The number of nitrogens with one attached hydrogen (secondary N) is 1. The lowest BCUT2D eigenvalue weighted by molar-refractivity contribution is -0.143. The van der Waals surface area contributed by atoms with Gasteiger partial charge in [-0.1, -0.05) is 79.4 Å². The van der Waals surface area contributed by atoms with E-state index in [0.29, 0.717) is 17.2 Å². The first-order valence-electron chi connectivity index (χ1n) is 13.9. The molecule has 1 N–H and O–H groups in total. The molecule has 3 aromatic rings. The van der Waals surface area contributed by atoms with Gasteiger partial charge in [0.05, 0.1) is 0 Å². The van der Waals surface area contributed by atoms with Crippen molar-refractivity contribution in [2.75, 3.05) is 6.61 Å². The van der Waals surface area contributed by atoms with Crippen molar-refractivity contribution in [3.8, 4) is 5.75 Å². The number of rotatable bonds is 10. The monoisotopic (exact) mass is 546 g/mol. The molecule has 4 rings (SSSR count). The molecule has 206 valence electrons. The second-order valence-electron chi connectivity index (χ2n) is 10.7. The second-order valence-corrected chi connectivity index (χ2v) is 11.1. The van der Waals surface area contributed by atoms with Crippen molar-refractivity contribution in [1.82, 2.24) is 10.2 Å². The van der Waals surface area contributed by atoms with Gasteiger partial charge in [-0.05, 0) is 79.6 Å². The number of ether oxygens (including phenoxy) is 1. The van der Waals surface area contributed by atoms with Crippen LogP contribution < -0.4 is 10.1 Å². The van der Waals surface area contributed by atoms with Crippen LogP contribution in [0.2, 0.25) is 5.02 Å². The Hall–Kier alpha value is -3.31. The standard InChI is InChI=1S/C33H39ClN2O3/c1-23-18-24(2)25(3)31(19-23)39-22-32(37)36(21-27-14-16-28(34)17-15-27)30(20-26-10-6-4-7-11-26)33(38)35-29-12-8-5-9-13-29/h4,6-7,10-11,14-19,29-30H,5,8-9,12-13,20-22H2,1-3H3,(H,35,38)/t30-/m0/s1. The summed E-state index contributed by atoms with van der Waals surface area (Å²) in [5, 5.41) is 3.90. The summed E-state index contributed by atoms with van der Waals surface area (Å²) in [5.41, 5.74) is 5.10. The van der Waals surface area contributed by atoms with Gasteiger partial charge in [-0.15, -0.1) is 0 Å². The predicted molar refractivity (Wildman–Crippen MR) is 157 cm³/mol. The summed E-state index contributed by atoms with van der Waals surface area (Å²) in [7, 11) is 0. The highest BCUT2D eigenvalue weighted by Gasteiger charge is 2.32. The number of hydrogen-bond acceptors (Lipinski definition) is 3. The lowest BCUT2D eigenvalue weighted by Crippen LogP contribution is -2.53. The van der Waals surface area contributed by atoms with Crippen LogP contribution in [0.15, 0.2) is 66.7 Å². The van der Waals surface area contributed by atoms with Crippen molar-refractivity contribution in [2.24, 2.45) is 0 Å². The number of benzene rings is 3. The maximum atomic E-state index is 13.9. The molecule has 2 amide bonds. The van der Waals surface area contributed by atoms with E-state index in [0.717, 1.165) is 53.5 Å². The zero-order valence-electron chi connectivity index (χ0n) is 23.2. The second kappa shape index (κ2) is 13.7. The first kappa shape index (κ1) is 28.7. The van der Waals surface area contributed by atoms with Crippen LogP contribution in [0.3, 0.4) is 0 Å². The molecule has 0 bridgehead atoms. The molecule has 1 saturated carbocycles. The Balaban J connectivity index is 1.63. The van der Waals surface area contributed by atoms with Crippen molar-refractivity contribution >= 4 is 23.4 Å². The Morgan fingerprint density at radius 3 is 2.33 bits per heavy atom. The van der Waals surface area contributed by atoms with Crippen LogP contribution in [0.25, 0.3) is 0 Å². The van der Waals surface area contributed by atoms with Gasteiger partial charge in [0.1, 0.15) is 11.8 Å². The van der Waals surface area contributed by atoms with Gasteiger partial charge < -0.3 is 15.0 Å². The normalized spacial score (nSPS) is 14.5. The number of amides is 2. The van der Waals surface area contributed by atoms with Gasteiger partial charge in [-0.3, -0.25) is 9.59 Å². The molecule has 0 aromatic heterocycles. The van der Waals surface area contributed by atoms with Gasteiger partial charge in [-0.25, -0.2) is 0 Å². The SMILES string of the molecule is Cc1cc(C)c(C)c(OCC(=O)N(Cc2ccc(Cl)cc2)[C@@H](Cc2ccccc2)C(=O)NC2CCCCC2)c1. The molecule has 5 nitrogen and oxygen atoms in total. The summed E-state index contributed by atoms with van der Waals surface area (Å²) in [6.45, 7) is 6.17. The van der Waals surface area contributed by atoms with E-state index < -0.39 is 6.04 Å². The predicted octanol–water partition coefficient (Wildman–Crippen LogP) is 6.73. The van der Waals surface area contributed by atoms with Gasteiger partial charge in [0.15, 0.2) is 6.61 Å². The number of carbonyl (C=O) groups excluding carboxylic acids is 2. The molecule has 1 fully saturated rings. The summed E-state index contributed by atoms with van der Waals surface area (Å²) < 4.78 is 6.08. The summed E-state index contributed by atoms with van der Waals surface area (Å²) >= 11 is 6.13. The van der Waals surface area contributed by atoms with Crippen LogP contribution in [0.4, 0.5) is 0 Å². The average molecular weight is 547 g/mol. The van der Waals surface area contributed by atoms with Crippen molar-refractivity contribution in [2.45, 2.75) is 77.9 Å². The summed E-state index contributed by atoms with van der Waals surface area (Å²) in [5.74, 6) is 0.345. The maximum absolute atomic E-state index is 13.9. The molecule has 6 heteroatoms.